The minimum Gasteiger partial charge on any atom is -0.497 e. The molecule has 0 radical (unpaired) electrons. The van der Waals surface area contributed by atoms with E-state index in [1.807, 2.05) is 6.07 Å². The molecule has 0 aliphatic rings. The van der Waals surface area contributed by atoms with E-state index >= 15 is 0 Å². The van der Waals surface area contributed by atoms with Crippen LogP contribution in [-0.2, 0) is 0 Å². The SMILES string of the molecule is C#CCC(CC)Nc1cc(OC)ccc1C#N. The zero-order valence-corrected chi connectivity index (χ0v) is 10.2. The third-order valence-corrected chi connectivity index (χ3v) is 2.56. The van der Waals surface area contributed by atoms with E-state index in [9.17, 15) is 0 Å². The second-order valence-electron chi connectivity index (χ2n) is 3.68. The summed E-state index contributed by atoms with van der Waals surface area (Å²) in [6.45, 7) is 2.06. The predicted octanol–water partition coefficient (Wildman–Crippen LogP) is 2.78. The van der Waals surface area contributed by atoms with E-state index in [1.54, 1.807) is 19.2 Å². The molecule has 0 fully saturated rings. The Morgan fingerprint density at radius 3 is 2.82 bits per heavy atom. The van der Waals surface area contributed by atoms with E-state index in [0.29, 0.717) is 12.0 Å². The average Bonchev–Trinajstić information content (AvgIpc) is 2.38. The highest BCUT2D eigenvalue weighted by Gasteiger charge is 2.09. The number of nitriles is 1. The van der Waals surface area contributed by atoms with Crippen molar-refractivity contribution in [1.29, 1.82) is 5.26 Å². The fourth-order valence-electron chi connectivity index (χ4n) is 1.53. The minimum absolute atomic E-state index is 0.180. The van der Waals surface area contributed by atoms with Gasteiger partial charge < -0.3 is 10.1 Å². The Kier molecular flexibility index (Phi) is 4.91. The van der Waals surface area contributed by atoms with Gasteiger partial charge in [-0.3, -0.25) is 0 Å². The maximum Gasteiger partial charge on any atom is 0.121 e. The van der Waals surface area contributed by atoms with Gasteiger partial charge in [-0.2, -0.15) is 5.26 Å². The monoisotopic (exact) mass is 228 g/mol. The molecule has 1 rings (SSSR count). The van der Waals surface area contributed by atoms with E-state index in [-0.39, 0.29) is 6.04 Å². The highest BCUT2D eigenvalue weighted by atomic mass is 16.5. The first-order chi connectivity index (χ1) is 8.24. The fourth-order valence-corrected chi connectivity index (χ4v) is 1.53. The summed E-state index contributed by atoms with van der Waals surface area (Å²) in [6, 6.07) is 7.66. The number of hydrogen-bond acceptors (Lipinski definition) is 3. The maximum atomic E-state index is 9.03. The molecule has 1 unspecified atom stereocenters. The molecule has 3 heteroatoms. The summed E-state index contributed by atoms with van der Waals surface area (Å²) in [6.07, 6.45) is 6.85. The van der Waals surface area contributed by atoms with Crippen molar-refractivity contribution in [3.8, 4) is 24.2 Å². The van der Waals surface area contributed by atoms with Crippen molar-refractivity contribution < 1.29 is 4.74 Å². The lowest BCUT2D eigenvalue weighted by molar-refractivity contribution is 0.415. The molecule has 0 heterocycles. The molecule has 0 aromatic heterocycles. The van der Waals surface area contributed by atoms with Crippen LogP contribution in [-0.4, -0.2) is 13.2 Å². The van der Waals surface area contributed by atoms with E-state index in [0.717, 1.165) is 17.9 Å². The largest absolute Gasteiger partial charge is 0.497 e. The lowest BCUT2D eigenvalue weighted by Crippen LogP contribution is -2.18. The molecule has 1 N–H and O–H groups in total. The summed E-state index contributed by atoms with van der Waals surface area (Å²) >= 11 is 0. The van der Waals surface area contributed by atoms with Gasteiger partial charge in [-0.1, -0.05) is 6.92 Å². The van der Waals surface area contributed by atoms with Gasteiger partial charge in [0.1, 0.15) is 11.8 Å². The number of anilines is 1. The minimum atomic E-state index is 0.180. The molecule has 1 aromatic carbocycles. The zero-order valence-electron chi connectivity index (χ0n) is 10.2. The van der Waals surface area contributed by atoms with Gasteiger partial charge in [0.25, 0.3) is 0 Å². The van der Waals surface area contributed by atoms with Crippen molar-refractivity contribution in [1.82, 2.24) is 0 Å². The van der Waals surface area contributed by atoms with E-state index < -0.39 is 0 Å². The van der Waals surface area contributed by atoms with Crippen molar-refractivity contribution in [2.24, 2.45) is 0 Å². The highest BCUT2D eigenvalue weighted by molar-refractivity contribution is 5.60. The van der Waals surface area contributed by atoms with Crippen molar-refractivity contribution in [2.45, 2.75) is 25.8 Å². The van der Waals surface area contributed by atoms with Gasteiger partial charge in [-0.25, -0.2) is 0 Å². The normalized spacial score (nSPS) is 11.1. The second-order valence-corrected chi connectivity index (χ2v) is 3.68. The number of hydrogen-bond donors (Lipinski definition) is 1. The van der Waals surface area contributed by atoms with Gasteiger partial charge in [0, 0.05) is 18.5 Å². The van der Waals surface area contributed by atoms with Crippen LogP contribution in [0.4, 0.5) is 5.69 Å². The van der Waals surface area contributed by atoms with E-state index in [1.165, 1.54) is 0 Å². The number of benzene rings is 1. The molecular weight excluding hydrogens is 212 g/mol. The number of nitrogens with zero attached hydrogens (tertiary/aromatic N) is 1. The summed E-state index contributed by atoms with van der Waals surface area (Å²) in [5.74, 6) is 3.35. The summed E-state index contributed by atoms with van der Waals surface area (Å²) < 4.78 is 5.14. The van der Waals surface area contributed by atoms with E-state index in [4.69, 9.17) is 16.4 Å². The molecule has 0 saturated carbocycles. The molecule has 0 aliphatic carbocycles. The summed E-state index contributed by atoms with van der Waals surface area (Å²) in [5.41, 5.74) is 1.37. The number of ether oxygens (including phenoxy) is 1. The first-order valence-corrected chi connectivity index (χ1v) is 5.53. The lowest BCUT2D eigenvalue weighted by Gasteiger charge is -2.17. The topological polar surface area (TPSA) is 45.0 Å². The van der Waals surface area contributed by atoms with Gasteiger partial charge in [-0.05, 0) is 18.6 Å². The van der Waals surface area contributed by atoms with Gasteiger partial charge in [0.05, 0.1) is 18.4 Å². The third-order valence-electron chi connectivity index (χ3n) is 2.56. The molecular formula is C14H16N2O. The van der Waals surface area contributed by atoms with Crippen LogP contribution in [0.2, 0.25) is 0 Å². The Morgan fingerprint density at radius 1 is 1.53 bits per heavy atom. The number of rotatable bonds is 5. The highest BCUT2D eigenvalue weighted by Crippen LogP contribution is 2.23. The molecule has 0 amide bonds. The predicted molar refractivity (Wildman–Crippen MR) is 68.9 cm³/mol. The van der Waals surface area contributed by atoms with Crippen LogP contribution < -0.4 is 10.1 Å². The van der Waals surface area contributed by atoms with Crippen molar-refractivity contribution in [2.75, 3.05) is 12.4 Å². The molecule has 0 spiro atoms. The molecule has 1 aromatic rings. The van der Waals surface area contributed by atoms with Crippen molar-refractivity contribution in [3.05, 3.63) is 23.8 Å². The Hall–Kier alpha value is -2.13. The van der Waals surface area contributed by atoms with Crippen LogP contribution in [0, 0.1) is 23.7 Å². The standard InChI is InChI=1S/C14H16N2O/c1-4-6-12(5-2)16-14-9-13(17-3)8-7-11(14)10-15/h1,7-9,12,16H,5-6H2,2-3H3. The first-order valence-electron chi connectivity index (χ1n) is 5.53. The third kappa shape index (κ3) is 3.43. The van der Waals surface area contributed by atoms with Crippen LogP contribution in [0.15, 0.2) is 18.2 Å². The summed E-state index contributed by atoms with van der Waals surface area (Å²) in [7, 11) is 1.60. The summed E-state index contributed by atoms with van der Waals surface area (Å²) in [4.78, 5) is 0. The van der Waals surface area contributed by atoms with Gasteiger partial charge in [-0.15, -0.1) is 12.3 Å². The van der Waals surface area contributed by atoms with Crippen molar-refractivity contribution >= 4 is 5.69 Å². The number of methoxy groups -OCH3 is 1. The molecule has 17 heavy (non-hydrogen) atoms. The van der Waals surface area contributed by atoms with Crippen LogP contribution in [0.3, 0.4) is 0 Å². The van der Waals surface area contributed by atoms with Crippen LogP contribution >= 0.6 is 0 Å². The second kappa shape index (κ2) is 6.45. The van der Waals surface area contributed by atoms with E-state index in [2.05, 4.69) is 24.2 Å². The zero-order chi connectivity index (χ0) is 12.7. The number of nitrogens with one attached hydrogen (secondary N) is 1. The smallest absolute Gasteiger partial charge is 0.121 e. The molecule has 0 bridgehead atoms. The van der Waals surface area contributed by atoms with Gasteiger partial charge in [0.2, 0.25) is 0 Å². The Balaban J connectivity index is 2.95. The molecule has 0 saturated heterocycles. The number of terminal acetylenes is 1. The molecule has 88 valence electrons. The molecule has 3 nitrogen and oxygen atoms in total. The molecule has 0 aliphatic heterocycles. The first kappa shape index (κ1) is 12.9. The van der Waals surface area contributed by atoms with Crippen LogP contribution in [0.1, 0.15) is 25.3 Å². The quantitative estimate of drug-likeness (QED) is 0.788. The maximum absolute atomic E-state index is 9.03. The van der Waals surface area contributed by atoms with Gasteiger partial charge in [0.15, 0.2) is 0 Å². The Labute approximate surface area is 102 Å². The lowest BCUT2D eigenvalue weighted by atomic mass is 10.1. The average molecular weight is 228 g/mol. The Morgan fingerprint density at radius 2 is 2.29 bits per heavy atom. The molecule has 1 atom stereocenters. The van der Waals surface area contributed by atoms with Crippen LogP contribution in [0.5, 0.6) is 5.75 Å². The Bertz CT molecular complexity index is 454. The summed E-state index contributed by atoms with van der Waals surface area (Å²) in [5, 5.41) is 12.3. The van der Waals surface area contributed by atoms with Crippen LogP contribution in [0.25, 0.3) is 0 Å². The fraction of sp³-hybridized carbons (Fsp3) is 0.357. The van der Waals surface area contributed by atoms with Gasteiger partial charge >= 0.3 is 0 Å². The van der Waals surface area contributed by atoms with Crippen molar-refractivity contribution in [3.63, 3.8) is 0 Å².